The standard InChI is InChI=1S/C24H25N5O3/c1-30-18-13-12-15(14-19(18)31-2)21-20-22(29-28-21)26-24(25-16-8-4-3-5-9-16)27-23(20)32-17-10-6-7-11-17/h3-5,8-9,12-14,17H,6-7,10-11H2,1-2H3,(H2,25,26,27,28,29). The molecule has 164 valence electrons. The van der Waals surface area contributed by atoms with Crippen LogP contribution < -0.4 is 19.5 Å². The van der Waals surface area contributed by atoms with Gasteiger partial charge in [0.1, 0.15) is 11.5 Å². The van der Waals surface area contributed by atoms with Crippen molar-refractivity contribution in [3.63, 3.8) is 0 Å². The zero-order chi connectivity index (χ0) is 21.9. The van der Waals surface area contributed by atoms with E-state index in [1.54, 1.807) is 14.2 Å². The van der Waals surface area contributed by atoms with Crippen molar-refractivity contribution in [2.75, 3.05) is 19.5 Å². The molecule has 8 heteroatoms. The van der Waals surface area contributed by atoms with Gasteiger partial charge >= 0.3 is 0 Å². The molecule has 2 aromatic heterocycles. The molecule has 0 spiro atoms. The summed E-state index contributed by atoms with van der Waals surface area (Å²) in [7, 11) is 3.23. The maximum atomic E-state index is 6.38. The van der Waals surface area contributed by atoms with Crippen molar-refractivity contribution >= 4 is 22.7 Å². The van der Waals surface area contributed by atoms with Gasteiger partial charge in [0.2, 0.25) is 11.8 Å². The van der Waals surface area contributed by atoms with Crippen LogP contribution in [0, 0.1) is 0 Å². The van der Waals surface area contributed by atoms with E-state index >= 15 is 0 Å². The van der Waals surface area contributed by atoms with E-state index in [9.17, 15) is 0 Å². The number of fused-ring (bicyclic) bond motifs is 1. The average molecular weight is 431 g/mol. The van der Waals surface area contributed by atoms with E-state index in [1.165, 1.54) is 12.8 Å². The van der Waals surface area contributed by atoms with Crippen molar-refractivity contribution in [3.05, 3.63) is 48.5 Å². The molecule has 0 bridgehead atoms. The lowest BCUT2D eigenvalue weighted by molar-refractivity contribution is 0.204. The van der Waals surface area contributed by atoms with Gasteiger partial charge < -0.3 is 19.5 Å². The van der Waals surface area contributed by atoms with E-state index in [0.717, 1.165) is 35.2 Å². The fourth-order valence-corrected chi connectivity index (χ4v) is 4.05. The Morgan fingerprint density at radius 2 is 1.72 bits per heavy atom. The van der Waals surface area contributed by atoms with Crippen molar-refractivity contribution in [3.8, 4) is 28.6 Å². The van der Waals surface area contributed by atoms with Gasteiger partial charge in [-0.2, -0.15) is 15.1 Å². The summed E-state index contributed by atoms with van der Waals surface area (Å²) in [6, 6.07) is 15.5. The zero-order valence-corrected chi connectivity index (χ0v) is 18.1. The number of nitrogens with one attached hydrogen (secondary N) is 2. The molecule has 1 aliphatic carbocycles. The second-order valence-corrected chi connectivity index (χ2v) is 7.73. The Hall–Kier alpha value is -3.81. The average Bonchev–Trinajstić information content (AvgIpc) is 3.49. The number of rotatable bonds is 7. The van der Waals surface area contributed by atoms with Crippen LogP contribution in [-0.2, 0) is 0 Å². The monoisotopic (exact) mass is 431 g/mol. The lowest BCUT2D eigenvalue weighted by Gasteiger charge is -2.15. The van der Waals surface area contributed by atoms with Crippen LogP contribution in [0.5, 0.6) is 17.4 Å². The van der Waals surface area contributed by atoms with Gasteiger partial charge in [0, 0.05) is 11.3 Å². The predicted molar refractivity (Wildman–Crippen MR) is 123 cm³/mol. The lowest BCUT2D eigenvalue weighted by Crippen LogP contribution is -2.13. The zero-order valence-electron chi connectivity index (χ0n) is 18.1. The molecule has 4 aromatic rings. The molecule has 2 heterocycles. The van der Waals surface area contributed by atoms with E-state index in [1.807, 2.05) is 48.5 Å². The predicted octanol–water partition coefficient (Wildman–Crippen LogP) is 5.10. The number of anilines is 2. The Bertz CT molecular complexity index is 1220. The van der Waals surface area contributed by atoms with Crippen molar-refractivity contribution in [1.29, 1.82) is 0 Å². The van der Waals surface area contributed by atoms with Gasteiger partial charge in [0.25, 0.3) is 0 Å². The molecule has 8 nitrogen and oxygen atoms in total. The highest BCUT2D eigenvalue weighted by atomic mass is 16.5. The van der Waals surface area contributed by atoms with Crippen LogP contribution in [0.4, 0.5) is 11.6 Å². The summed E-state index contributed by atoms with van der Waals surface area (Å²) in [5, 5.41) is 11.6. The molecule has 0 atom stereocenters. The number of hydrogen-bond donors (Lipinski definition) is 2. The number of methoxy groups -OCH3 is 2. The first kappa shape index (κ1) is 20.1. The molecule has 0 unspecified atom stereocenters. The topological polar surface area (TPSA) is 94.2 Å². The minimum Gasteiger partial charge on any atom is -0.493 e. The number of ether oxygens (including phenoxy) is 3. The molecular weight excluding hydrogens is 406 g/mol. The molecule has 5 rings (SSSR count). The second-order valence-electron chi connectivity index (χ2n) is 7.73. The highest BCUT2D eigenvalue weighted by Gasteiger charge is 2.23. The van der Waals surface area contributed by atoms with Crippen LogP contribution in [0.2, 0.25) is 0 Å². The van der Waals surface area contributed by atoms with E-state index in [-0.39, 0.29) is 6.10 Å². The molecule has 0 saturated heterocycles. The third kappa shape index (κ3) is 3.91. The molecular formula is C24H25N5O3. The molecule has 32 heavy (non-hydrogen) atoms. The summed E-state index contributed by atoms with van der Waals surface area (Å²) < 4.78 is 17.2. The van der Waals surface area contributed by atoms with Gasteiger partial charge in [-0.05, 0) is 56.0 Å². The highest BCUT2D eigenvalue weighted by Crippen LogP contribution is 2.38. The number of aromatic nitrogens is 4. The minimum absolute atomic E-state index is 0.144. The second kappa shape index (κ2) is 8.74. The summed E-state index contributed by atoms with van der Waals surface area (Å²) in [6.07, 6.45) is 4.53. The van der Waals surface area contributed by atoms with Gasteiger partial charge in [0.05, 0.1) is 19.9 Å². The van der Waals surface area contributed by atoms with Crippen molar-refractivity contribution < 1.29 is 14.2 Å². The first-order valence-electron chi connectivity index (χ1n) is 10.7. The van der Waals surface area contributed by atoms with Crippen LogP contribution in [-0.4, -0.2) is 40.5 Å². The normalized spacial score (nSPS) is 13.9. The Labute approximate surface area is 186 Å². The Balaban J connectivity index is 1.60. The molecule has 1 saturated carbocycles. The summed E-state index contributed by atoms with van der Waals surface area (Å²) in [4.78, 5) is 9.36. The summed E-state index contributed by atoms with van der Waals surface area (Å²) in [6.45, 7) is 0. The summed E-state index contributed by atoms with van der Waals surface area (Å²) in [5.74, 6) is 2.27. The van der Waals surface area contributed by atoms with Crippen LogP contribution in [0.1, 0.15) is 25.7 Å². The van der Waals surface area contributed by atoms with Gasteiger partial charge in [-0.1, -0.05) is 18.2 Å². The van der Waals surface area contributed by atoms with Crippen LogP contribution in [0.25, 0.3) is 22.3 Å². The molecule has 1 fully saturated rings. The number of aromatic amines is 1. The highest BCUT2D eigenvalue weighted by molar-refractivity contribution is 5.95. The van der Waals surface area contributed by atoms with Crippen molar-refractivity contribution in [1.82, 2.24) is 20.2 Å². The van der Waals surface area contributed by atoms with Crippen LogP contribution in [0.3, 0.4) is 0 Å². The van der Waals surface area contributed by atoms with E-state index in [2.05, 4.69) is 20.5 Å². The number of hydrogen-bond acceptors (Lipinski definition) is 7. The largest absolute Gasteiger partial charge is 0.493 e. The van der Waals surface area contributed by atoms with Gasteiger partial charge in [0.15, 0.2) is 17.1 Å². The van der Waals surface area contributed by atoms with E-state index in [4.69, 9.17) is 19.2 Å². The lowest BCUT2D eigenvalue weighted by atomic mass is 10.1. The quantitative estimate of drug-likeness (QED) is 0.420. The maximum Gasteiger partial charge on any atom is 0.232 e. The number of nitrogens with zero attached hydrogens (tertiary/aromatic N) is 3. The maximum absolute atomic E-state index is 6.38. The Morgan fingerprint density at radius 1 is 0.938 bits per heavy atom. The Morgan fingerprint density at radius 3 is 2.47 bits per heavy atom. The third-order valence-electron chi connectivity index (χ3n) is 5.66. The van der Waals surface area contributed by atoms with Gasteiger partial charge in [-0.3, -0.25) is 5.10 Å². The summed E-state index contributed by atoms with van der Waals surface area (Å²) >= 11 is 0. The smallest absolute Gasteiger partial charge is 0.232 e. The first-order valence-corrected chi connectivity index (χ1v) is 10.7. The van der Waals surface area contributed by atoms with Crippen molar-refractivity contribution in [2.45, 2.75) is 31.8 Å². The van der Waals surface area contributed by atoms with Crippen LogP contribution >= 0.6 is 0 Å². The minimum atomic E-state index is 0.144. The number of benzene rings is 2. The Kier molecular flexibility index (Phi) is 5.49. The van der Waals surface area contributed by atoms with E-state index < -0.39 is 0 Å². The van der Waals surface area contributed by atoms with Gasteiger partial charge in [-0.15, -0.1) is 0 Å². The fourth-order valence-electron chi connectivity index (χ4n) is 4.05. The molecule has 0 amide bonds. The SMILES string of the molecule is COc1ccc(-c2[nH]nc3nc(Nc4ccccc4)nc(OC4CCCC4)c23)cc1OC. The molecule has 0 radical (unpaired) electrons. The van der Waals surface area contributed by atoms with Gasteiger partial charge in [-0.25, -0.2) is 0 Å². The fraction of sp³-hybridized carbons (Fsp3) is 0.292. The molecule has 0 aliphatic heterocycles. The third-order valence-corrected chi connectivity index (χ3v) is 5.66. The number of para-hydroxylation sites is 1. The molecule has 2 aromatic carbocycles. The van der Waals surface area contributed by atoms with Crippen LogP contribution in [0.15, 0.2) is 48.5 Å². The molecule has 2 N–H and O–H groups in total. The molecule has 1 aliphatic rings. The van der Waals surface area contributed by atoms with Crippen molar-refractivity contribution in [2.24, 2.45) is 0 Å². The summed E-state index contributed by atoms with van der Waals surface area (Å²) in [5.41, 5.74) is 3.10. The number of H-pyrrole nitrogens is 1. The first-order chi connectivity index (χ1) is 15.7. The van der Waals surface area contributed by atoms with E-state index in [0.29, 0.717) is 29.0 Å².